The summed E-state index contributed by atoms with van der Waals surface area (Å²) in [4.78, 5) is 17.2. The molecule has 3 nitrogen and oxygen atoms in total. The van der Waals surface area contributed by atoms with Crippen LogP contribution in [0.5, 0.6) is 0 Å². The molecule has 1 amide bonds. The molecule has 0 spiro atoms. The zero-order chi connectivity index (χ0) is 18.5. The lowest BCUT2D eigenvalue weighted by molar-refractivity contribution is -0.136. The highest BCUT2D eigenvalue weighted by Crippen LogP contribution is 2.46. The number of pyridine rings is 1. The zero-order valence-electron chi connectivity index (χ0n) is 13.9. The van der Waals surface area contributed by atoms with Gasteiger partial charge in [-0.3, -0.25) is 9.78 Å². The molecule has 0 saturated carbocycles. The second-order valence-corrected chi connectivity index (χ2v) is 6.68. The summed E-state index contributed by atoms with van der Waals surface area (Å²) in [5.74, 6) is -0.445. The molecule has 1 unspecified atom stereocenters. The molecule has 132 valence electrons. The van der Waals surface area contributed by atoms with Crippen LogP contribution in [-0.2, 0) is 22.8 Å². The van der Waals surface area contributed by atoms with E-state index in [9.17, 15) is 18.0 Å². The number of aromatic nitrogens is 1. The number of anilines is 1. The molecule has 2 heterocycles. The van der Waals surface area contributed by atoms with Crippen LogP contribution < -0.4 is 5.32 Å². The van der Waals surface area contributed by atoms with E-state index in [-0.39, 0.29) is 12.1 Å². The molecule has 0 saturated heterocycles. The van der Waals surface area contributed by atoms with Crippen molar-refractivity contribution in [3.05, 3.63) is 71.4 Å². The molecule has 1 aromatic heterocycles. The predicted molar refractivity (Wildman–Crippen MR) is 92.9 cm³/mol. The van der Waals surface area contributed by atoms with Crippen molar-refractivity contribution in [3.8, 4) is 0 Å². The molecular formula is C20H15F3N2O. The molecule has 1 aliphatic heterocycles. The minimum absolute atomic E-state index is 0.145. The zero-order valence-corrected chi connectivity index (χ0v) is 13.9. The molecule has 0 radical (unpaired) electrons. The van der Waals surface area contributed by atoms with E-state index in [1.807, 2.05) is 36.4 Å². The number of hydrogen-bond acceptors (Lipinski definition) is 2. The lowest BCUT2D eigenvalue weighted by Crippen LogP contribution is -2.33. The normalized spacial score (nSPS) is 19.5. The number of amides is 1. The van der Waals surface area contributed by atoms with E-state index < -0.39 is 23.1 Å². The van der Waals surface area contributed by atoms with Gasteiger partial charge >= 0.3 is 6.18 Å². The van der Waals surface area contributed by atoms with Crippen molar-refractivity contribution in [2.24, 2.45) is 0 Å². The quantitative estimate of drug-likeness (QED) is 0.723. The third-order valence-corrected chi connectivity index (χ3v) is 4.89. The minimum atomic E-state index is -4.52. The molecule has 26 heavy (non-hydrogen) atoms. The van der Waals surface area contributed by atoms with Gasteiger partial charge in [-0.15, -0.1) is 0 Å². The highest BCUT2D eigenvalue weighted by atomic mass is 19.4. The van der Waals surface area contributed by atoms with Gasteiger partial charge in [0.25, 0.3) is 0 Å². The third kappa shape index (κ3) is 2.53. The van der Waals surface area contributed by atoms with Gasteiger partial charge in [0, 0.05) is 17.5 Å². The topological polar surface area (TPSA) is 42.0 Å². The first-order chi connectivity index (χ1) is 12.3. The summed E-state index contributed by atoms with van der Waals surface area (Å²) in [6.07, 6.45) is -4.30. The van der Waals surface area contributed by atoms with Crippen LogP contribution in [0, 0.1) is 0 Å². The number of fused-ring (bicyclic) bond motifs is 2. The van der Waals surface area contributed by atoms with E-state index in [0.717, 1.165) is 17.0 Å². The Morgan fingerprint density at radius 3 is 2.58 bits per heavy atom. The molecule has 6 heteroatoms. The van der Waals surface area contributed by atoms with Gasteiger partial charge in [0.2, 0.25) is 5.91 Å². The number of benzene rings is 2. The van der Waals surface area contributed by atoms with E-state index >= 15 is 0 Å². The van der Waals surface area contributed by atoms with Crippen molar-refractivity contribution in [1.82, 2.24) is 4.98 Å². The van der Waals surface area contributed by atoms with E-state index in [1.54, 1.807) is 13.0 Å². The van der Waals surface area contributed by atoms with Crippen LogP contribution in [0.15, 0.2) is 54.6 Å². The van der Waals surface area contributed by atoms with Gasteiger partial charge in [0.1, 0.15) is 0 Å². The largest absolute Gasteiger partial charge is 0.418 e. The van der Waals surface area contributed by atoms with Crippen molar-refractivity contribution in [3.63, 3.8) is 0 Å². The van der Waals surface area contributed by atoms with Crippen molar-refractivity contribution in [2.45, 2.75) is 24.9 Å². The number of nitrogens with zero attached hydrogens (tertiary/aromatic N) is 1. The Kier molecular flexibility index (Phi) is 3.54. The fourth-order valence-corrected chi connectivity index (χ4v) is 3.50. The molecule has 3 aromatic rings. The molecule has 1 aliphatic rings. The number of alkyl halides is 3. The maximum Gasteiger partial charge on any atom is 0.418 e. The Labute approximate surface area is 147 Å². The summed E-state index contributed by atoms with van der Waals surface area (Å²) in [6.45, 7) is 1.66. The van der Waals surface area contributed by atoms with Crippen LogP contribution in [0.25, 0.3) is 10.9 Å². The van der Waals surface area contributed by atoms with Gasteiger partial charge in [-0.1, -0.05) is 36.4 Å². The number of carbonyl (C=O) groups is 1. The third-order valence-electron chi connectivity index (χ3n) is 4.89. The number of hydrogen-bond donors (Lipinski definition) is 1. The average Bonchev–Trinajstić information content (AvgIpc) is 2.84. The number of para-hydroxylation sites is 2. The molecule has 1 N–H and O–H groups in total. The first-order valence-corrected chi connectivity index (χ1v) is 8.16. The number of nitrogens with one attached hydrogen (secondary N) is 1. The Hall–Kier alpha value is -2.89. The van der Waals surface area contributed by atoms with Crippen LogP contribution in [0.2, 0.25) is 0 Å². The maximum absolute atomic E-state index is 13.3. The van der Waals surface area contributed by atoms with Gasteiger partial charge in [-0.2, -0.15) is 13.2 Å². The fraction of sp³-hybridized carbons (Fsp3) is 0.200. The Bertz CT molecular complexity index is 1030. The lowest BCUT2D eigenvalue weighted by atomic mass is 9.79. The summed E-state index contributed by atoms with van der Waals surface area (Å²) >= 11 is 0. The highest BCUT2D eigenvalue weighted by Gasteiger charge is 2.47. The molecule has 0 aliphatic carbocycles. The number of halogens is 3. The van der Waals surface area contributed by atoms with E-state index in [2.05, 4.69) is 10.3 Å². The lowest BCUT2D eigenvalue weighted by Gasteiger charge is -2.22. The van der Waals surface area contributed by atoms with Crippen LogP contribution in [0.4, 0.5) is 18.9 Å². The monoisotopic (exact) mass is 356 g/mol. The Morgan fingerprint density at radius 1 is 1.04 bits per heavy atom. The van der Waals surface area contributed by atoms with Crippen LogP contribution in [0.1, 0.15) is 23.7 Å². The van der Waals surface area contributed by atoms with Gasteiger partial charge in [0.15, 0.2) is 0 Å². The van der Waals surface area contributed by atoms with Crippen LogP contribution in [0.3, 0.4) is 0 Å². The van der Waals surface area contributed by atoms with E-state index in [1.165, 1.54) is 6.07 Å². The highest BCUT2D eigenvalue weighted by molar-refractivity contribution is 6.07. The van der Waals surface area contributed by atoms with Crippen LogP contribution in [-0.4, -0.2) is 10.9 Å². The fourth-order valence-electron chi connectivity index (χ4n) is 3.50. The molecule has 1 atom stereocenters. The van der Waals surface area contributed by atoms with Crippen molar-refractivity contribution >= 4 is 22.5 Å². The summed E-state index contributed by atoms with van der Waals surface area (Å²) in [5, 5.41) is 3.40. The second-order valence-electron chi connectivity index (χ2n) is 6.68. The SMILES string of the molecule is CC1(Cc2ccc3ccccc3n2)C(=O)Nc2c(C(F)(F)F)cccc21. The maximum atomic E-state index is 13.3. The number of rotatable bonds is 2. The molecular weight excluding hydrogens is 341 g/mol. The predicted octanol–water partition coefficient (Wildman–Crippen LogP) is 4.71. The van der Waals surface area contributed by atoms with E-state index in [4.69, 9.17) is 0 Å². The summed E-state index contributed by atoms with van der Waals surface area (Å²) < 4.78 is 39.8. The molecule has 4 rings (SSSR count). The van der Waals surface area contributed by atoms with Gasteiger partial charge in [-0.05, 0) is 30.7 Å². The first-order valence-electron chi connectivity index (χ1n) is 8.16. The van der Waals surface area contributed by atoms with Gasteiger partial charge < -0.3 is 5.32 Å². The van der Waals surface area contributed by atoms with Crippen LogP contribution >= 0.6 is 0 Å². The van der Waals surface area contributed by atoms with Gasteiger partial charge in [0.05, 0.1) is 22.2 Å². The smallest absolute Gasteiger partial charge is 0.324 e. The first kappa shape index (κ1) is 16.6. The summed E-state index contributed by atoms with van der Waals surface area (Å²) in [7, 11) is 0. The van der Waals surface area contributed by atoms with Crippen molar-refractivity contribution in [1.29, 1.82) is 0 Å². The number of carbonyl (C=O) groups excluding carboxylic acids is 1. The van der Waals surface area contributed by atoms with Crippen molar-refractivity contribution < 1.29 is 18.0 Å². The van der Waals surface area contributed by atoms with Crippen molar-refractivity contribution in [2.75, 3.05) is 5.32 Å². The summed E-state index contributed by atoms with van der Waals surface area (Å²) in [6, 6.07) is 15.2. The summed E-state index contributed by atoms with van der Waals surface area (Å²) in [5.41, 5.74) is -0.270. The van der Waals surface area contributed by atoms with E-state index in [0.29, 0.717) is 11.3 Å². The average molecular weight is 356 g/mol. The molecule has 0 fully saturated rings. The molecule has 2 aromatic carbocycles. The minimum Gasteiger partial charge on any atom is -0.324 e. The van der Waals surface area contributed by atoms with Gasteiger partial charge in [-0.25, -0.2) is 0 Å². The second kappa shape index (κ2) is 5.56. The molecule has 0 bridgehead atoms. The Morgan fingerprint density at radius 2 is 1.81 bits per heavy atom. The Balaban J connectivity index is 1.78. The standard InChI is InChI=1S/C20H15F3N2O/c1-19(11-13-10-9-12-5-2-3-8-16(12)24-13)14-6-4-7-15(20(21,22)23)17(14)25-18(19)26/h2-10H,11H2,1H3,(H,25,26).